The molecule has 2 heterocycles. The molecular formula is C23H25ClN4O3S. The minimum Gasteiger partial charge on any atom is -0.497 e. The van der Waals surface area contributed by atoms with E-state index in [9.17, 15) is 8.42 Å². The second-order valence-electron chi connectivity index (χ2n) is 7.76. The van der Waals surface area contributed by atoms with Gasteiger partial charge in [0.2, 0.25) is 10.0 Å². The van der Waals surface area contributed by atoms with Gasteiger partial charge in [-0.2, -0.15) is 4.31 Å². The minimum atomic E-state index is -3.58. The maximum atomic E-state index is 13.2. The van der Waals surface area contributed by atoms with Crippen molar-refractivity contribution in [3.8, 4) is 17.0 Å². The molecule has 0 atom stereocenters. The smallest absolute Gasteiger partial charge is 0.243 e. The van der Waals surface area contributed by atoms with Gasteiger partial charge in [-0.1, -0.05) is 11.6 Å². The summed E-state index contributed by atoms with van der Waals surface area (Å²) in [5.74, 6) is 1.52. The largest absolute Gasteiger partial charge is 0.497 e. The van der Waals surface area contributed by atoms with Crippen molar-refractivity contribution in [3.63, 3.8) is 0 Å². The highest BCUT2D eigenvalue weighted by molar-refractivity contribution is 7.89. The van der Waals surface area contributed by atoms with Gasteiger partial charge in [0.25, 0.3) is 0 Å². The highest BCUT2D eigenvalue weighted by Gasteiger charge is 2.30. The molecule has 3 aromatic rings. The van der Waals surface area contributed by atoms with Crippen LogP contribution in [-0.2, 0) is 10.0 Å². The van der Waals surface area contributed by atoms with Gasteiger partial charge in [0, 0.05) is 36.8 Å². The molecule has 1 saturated heterocycles. The SMILES string of the molecule is COc1ccc(-c2ccc(N3CCN(S(=O)(=O)c4cc(C)c(Cl)cc4C)CC3)nn2)cc1. The van der Waals surface area contributed by atoms with Gasteiger partial charge in [-0.15, -0.1) is 10.2 Å². The maximum absolute atomic E-state index is 13.2. The Hall–Kier alpha value is -2.68. The van der Waals surface area contributed by atoms with Gasteiger partial charge >= 0.3 is 0 Å². The summed E-state index contributed by atoms with van der Waals surface area (Å²) in [5, 5.41) is 9.28. The Morgan fingerprint density at radius 3 is 2.19 bits per heavy atom. The molecule has 0 N–H and O–H groups in total. The molecule has 0 amide bonds. The van der Waals surface area contributed by atoms with Crippen molar-refractivity contribution in [2.24, 2.45) is 0 Å². The zero-order valence-electron chi connectivity index (χ0n) is 18.2. The highest BCUT2D eigenvalue weighted by atomic mass is 35.5. The Morgan fingerprint density at radius 1 is 0.906 bits per heavy atom. The normalized spacial score (nSPS) is 15.1. The molecule has 0 radical (unpaired) electrons. The number of ether oxygens (including phenoxy) is 1. The van der Waals surface area contributed by atoms with Crippen LogP contribution >= 0.6 is 11.6 Å². The van der Waals surface area contributed by atoms with E-state index in [1.807, 2.05) is 43.3 Å². The first-order valence-electron chi connectivity index (χ1n) is 10.3. The van der Waals surface area contributed by atoms with E-state index in [0.29, 0.717) is 41.7 Å². The lowest BCUT2D eigenvalue weighted by Crippen LogP contribution is -2.49. The average Bonchev–Trinajstić information content (AvgIpc) is 2.81. The molecule has 4 rings (SSSR count). The Bertz CT molecular complexity index is 1210. The van der Waals surface area contributed by atoms with Gasteiger partial charge < -0.3 is 9.64 Å². The number of hydrogen-bond donors (Lipinski definition) is 0. The third-order valence-corrected chi connectivity index (χ3v) is 8.12. The molecule has 2 aromatic carbocycles. The van der Waals surface area contributed by atoms with Crippen LogP contribution in [0.5, 0.6) is 5.75 Å². The Kier molecular flexibility index (Phi) is 6.37. The zero-order valence-corrected chi connectivity index (χ0v) is 19.8. The number of anilines is 1. The fourth-order valence-electron chi connectivity index (χ4n) is 3.74. The Morgan fingerprint density at radius 2 is 1.59 bits per heavy atom. The van der Waals surface area contributed by atoms with E-state index in [-0.39, 0.29) is 0 Å². The molecule has 32 heavy (non-hydrogen) atoms. The van der Waals surface area contributed by atoms with Gasteiger partial charge in [-0.25, -0.2) is 8.42 Å². The molecule has 1 fully saturated rings. The quantitative estimate of drug-likeness (QED) is 0.560. The first kappa shape index (κ1) is 22.5. The number of methoxy groups -OCH3 is 1. The van der Waals surface area contributed by atoms with Crippen LogP contribution in [0, 0.1) is 13.8 Å². The summed E-state index contributed by atoms with van der Waals surface area (Å²) >= 11 is 6.14. The summed E-state index contributed by atoms with van der Waals surface area (Å²) in [5.41, 5.74) is 3.13. The highest BCUT2D eigenvalue weighted by Crippen LogP contribution is 2.28. The van der Waals surface area contributed by atoms with Gasteiger partial charge in [-0.3, -0.25) is 0 Å². The van der Waals surface area contributed by atoms with Crippen molar-refractivity contribution in [3.05, 3.63) is 64.7 Å². The molecule has 0 aliphatic carbocycles. The first-order valence-corrected chi connectivity index (χ1v) is 12.1. The van der Waals surface area contributed by atoms with Gasteiger partial charge in [0.1, 0.15) is 5.75 Å². The lowest BCUT2D eigenvalue weighted by molar-refractivity contribution is 0.383. The molecule has 9 heteroatoms. The van der Waals surface area contributed by atoms with Crippen molar-refractivity contribution >= 4 is 27.4 Å². The predicted molar refractivity (Wildman–Crippen MR) is 126 cm³/mol. The number of aryl methyl sites for hydroxylation is 2. The standard InChI is InChI=1S/C23H25ClN4O3S/c1-16-15-22(17(2)14-20(16)24)32(29,30)28-12-10-27(11-13-28)23-9-8-21(25-26-23)18-4-6-19(31-3)7-5-18/h4-9,14-15H,10-13H2,1-3H3. The molecule has 0 saturated carbocycles. The molecule has 168 valence electrons. The van der Waals surface area contributed by atoms with Crippen molar-refractivity contribution < 1.29 is 13.2 Å². The van der Waals surface area contributed by atoms with Crippen LogP contribution in [-0.4, -0.2) is 56.2 Å². The summed E-state index contributed by atoms with van der Waals surface area (Å²) in [6.07, 6.45) is 0. The van der Waals surface area contributed by atoms with Crippen molar-refractivity contribution in [2.75, 3.05) is 38.2 Å². The van der Waals surface area contributed by atoms with Crippen LogP contribution in [0.4, 0.5) is 5.82 Å². The molecule has 7 nitrogen and oxygen atoms in total. The average molecular weight is 473 g/mol. The lowest BCUT2D eigenvalue weighted by atomic mass is 10.1. The summed E-state index contributed by atoms with van der Waals surface area (Å²) in [6, 6.07) is 14.8. The van der Waals surface area contributed by atoms with Gasteiger partial charge in [0.15, 0.2) is 5.82 Å². The molecule has 0 spiro atoms. The number of sulfonamides is 1. The fourth-order valence-corrected chi connectivity index (χ4v) is 5.67. The monoisotopic (exact) mass is 472 g/mol. The van der Waals surface area contributed by atoms with Crippen LogP contribution in [0.3, 0.4) is 0 Å². The van der Waals surface area contributed by atoms with Crippen LogP contribution in [0.1, 0.15) is 11.1 Å². The van der Waals surface area contributed by atoms with E-state index < -0.39 is 10.0 Å². The summed E-state index contributed by atoms with van der Waals surface area (Å²) in [4.78, 5) is 2.37. The van der Waals surface area contributed by atoms with E-state index >= 15 is 0 Å². The molecule has 0 bridgehead atoms. The third-order valence-electron chi connectivity index (χ3n) is 5.67. The van der Waals surface area contributed by atoms with Crippen molar-refractivity contribution in [1.82, 2.24) is 14.5 Å². The van der Waals surface area contributed by atoms with Gasteiger partial charge in [-0.05, 0) is 73.5 Å². The first-order chi connectivity index (χ1) is 15.3. The number of aromatic nitrogens is 2. The lowest BCUT2D eigenvalue weighted by Gasteiger charge is -2.34. The van der Waals surface area contributed by atoms with Crippen molar-refractivity contribution in [2.45, 2.75) is 18.7 Å². The Balaban J connectivity index is 1.45. The topological polar surface area (TPSA) is 75.6 Å². The van der Waals surface area contributed by atoms with Crippen LogP contribution < -0.4 is 9.64 Å². The molecule has 1 aromatic heterocycles. The number of piperazine rings is 1. The zero-order chi connectivity index (χ0) is 22.9. The molecule has 1 aliphatic rings. The summed E-state index contributed by atoms with van der Waals surface area (Å²) < 4.78 is 33.1. The molecular weight excluding hydrogens is 448 g/mol. The minimum absolute atomic E-state index is 0.316. The fraction of sp³-hybridized carbons (Fsp3) is 0.304. The second-order valence-corrected chi connectivity index (χ2v) is 10.1. The Labute approximate surface area is 193 Å². The summed E-state index contributed by atoms with van der Waals surface area (Å²) in [6.45, 7) is 5.43. The van der Waals surface area contributed by atoms with E-state index in [0.717, 1.165) is 28.4 Å². The number of benzene rings is 2. The van der Waals surface area contributed by atoms with Crippen LogP contribution in [0.15, 0.2) is 53.4 Å². The van der Waals surface area contributed by atoms with E-state index in [4.69, 9.17) is 16.3 Å². The van der Waals surface area contributed by atoms with E-state index in [2.05, 4.69) is 15.1 Å². The number of nitrogens with zero attached hydrogens (tertiary/aromatic N) is 4. The van der Waals surface area contributed by atoms with E-state index in [1.165, 1.54) is 4.31 Å². The molecule has 1 aliphatic heterocycles. The number of hydrogen-bond acceptors (Lipinski definition) is 6. The van der Waals surface area contributed by atoms with Crippen LogP contribution in [0.2, 0.25) is 5.02 Å². The van der Waals surface area contributed by atoms with Gasteiger partial charge in [0.05, 0.1) is 17.7 Å². The number of halogens is 1. The predicted octanol–water partition coefficient (Wildman–Crippen LogP) is 3.93. The summed E-state index contributed by atoms with van der Waals surface area (Å²) in [7, 11) is -1.95. The maximum Gasteiger partial charge on any atom is 0.243 e. The van der Waals surface area contributed by atoms with Crippen molar-refractivity contribution in [1.29, 1.82) is 0 Å². The third kappa shape index (κ3) is 4.44. The molecule has 0 unspecified atom stereocenters. The van der Waals surface area contributed by atoms with Crippen LogP contribution in [0.25, 0.3) is 11.3 Å². The second kappa shape index (κ2) is 9.05. The number of rotatable bonds is 5. The van der Waals surface area contributed by atoms with E-state index in [1.54, 1.807) is 26.2 Å².